The van der Waals surface area contributed by atoms with Crippen LogP contribution in [0.2, 0.25) is 0 Å². The minimum Gasteiger partial charge on any atom is -0.494 e. The highest BCUT2D eigenvalue weighted by molar-refractivity contribution is 6.21. The molecule has 1 atom stereocenters. The van der Waals surface area contributed by atoms with Crippen LogP contribution in [0.25, 0.3) is 0 Å². The molecule has 0 aliphatic rings. The predicted molar refractivity (Wildman–Crippen MR) is 62.5 cm³/mol. The molecule has 0 bridgehead atoms. The quantitative estimate of drug-likeness (QED) is 0.758. The number of hydrogen-bond acceptors (Lipinski definition) is 2. The average Bonchev–Trinajstić information content (AvgIpc) is 2.27. The highest BCUT2D eigenvalue weighted by atomic mass is 35.5. The number of aliphatic hydroxyl groups is 1. The fourth-order valence-corrected chi connectivity index (χ4v) is 1.79. The standard InChI is InChI=1S/C12H17ClO2/c1-2-15-12-8-4-3-6-10(12)11(13)7-5-9-14/h3-4,6,8,11,14H,2,5,7,9H2,1H3. The first-order valence-corrected chi connectivity index (χ1v) is 5.70. The van der Waals surface area contributed by atoms with Crippen LogP contribution in [-0.2, 0) is 0 Å². The fraction of sp³-hybridized carbons (Fsp3) is 0.500. The Kier molecular flexibility index (Phi) is 5.51. The second-order valence-electron chi connectivity index (χ2n) is 3.30. The molecule has 0 amide bonds. The van der Waals surface area contributed by atoms with Crippen LogP contribution in [0.1, 0.15) is 30.7 Å². The molecule has 2 nitrogen and oxygen atoms in total. The summed E-state index contributed by atoms with van der Waals surface area (Å²) in [4.78, 5) is 0. The topological polar surface area (TPSA) is 29.5 Å². The number of rotatable bonds is 6. The Morgan fingerprint density at radius 1 is 1.40 bits per heavy atom. The van der Waals surface area contributed by atoms with Crippen LogP contribution >= 0.6 is 11.6 Å². The van der Waals surface area contributed by atoms with Crippen LogP contribution in [0, 0.1) is 0 Å². The van der Waals surface area contributed by atoms with Crippen molar-refractivity contribution < 1.29 is 9.84 Å². The van der Waals surface area contributed by atoms with Crippen molar-refractivity contribution in [3.8, 4) is 5.75 Å². The summed E-state index contributed by atoms with van der Waals surface area (Å²) < 4.78 is 5.49. The largest absolute Gasteiger partial charge is 0.494 e. The Morgan fingerprint density at radius 2 is 2.13 bits per heavy atom. The molecular formula is C12H17ClO2. The molecule has 0 fully saturated rings. The van der Waals surface area contributed by atoms with Gasteiger partial charge >= 0.3 is 0 Å². The molecule has 0 heterocycles. The first-order chi connectivity index (χ1) is 7.29. The molecule has 1 rings (SSSR count). The number of hydrogen-bond donors (Lipinski definition) is 1. The van der Waals surface area contributed by atoms with E-state index in [1.54, 1.807) is 0 Å². The summed E-state index contributed by atoms with van der Waals surface area (Å²) in [5, 5.41) is 8.66. The van der Waals surface area contributed by atoms with E-state index in [1.165, 1.54) is 0 Å². The van der Waals surface area contributed by atoms with E-state index in [1.807, 2.05) is 31.2 Å². The number of ether oxygens (including phenoxy) is 1. The number of para-hydroxylation sites is 1. The maximum atomic E-state index is 8.74. The van der Waals surface area contributed by atoms with Gasteiger partial charge in [0.15, 0.2) is 0 Å². The number of aliphatic hydroxyl groups excluding tert-OH is 1. The van der Waals surface area contributed by atoms with Crippen LogP contribution < -0.4 is 4.74 Å². The number of halogens is 1. The lowest BCUT2D eigenvalue weighted by Gasteiger charge is -2.14. The molecule has 1 aromatic carbocycles. The zero-order valence-electron chi connectivity index (χ0n) is 8.95. The van der Waals surface area contributed by atoms with E-state index in [4.69, 9.17) is 21.4 Å². The van der Waals surface area contributed by atoms with Gasteiger partial charge in [0.2, 0.25) is 0 Å². The van der Waals surface area contributed by atoms with Gasteiger partial charge in [0.1, 0.15) is 5.75 Å². The van der Waals surface area contributed by atoms with E-state index < -0.39 is 0 Å². The Bertz CT molecular complexity index is 289. The maximum absolute atomic E-state index is 8.74. The average molecular weight is 229 g/mol. The summed E-state index contributed by atoms with van der Waals surface area (Å²) in [6, 6.07) is 7.78. The third kappa shape index (κ3) is 3.73. The van der Waals surface area contributed by atoms with Crippen molar-refractivity contribution in [3.05, 3.63) is 29.8 Å². The van der Waals surface area contributed by atoms with E-state index in [0.717, 1.165) is 17.7 Å². The molecular weight excluding hydrogens is 212 g/mol. The Morgan fingerprint density at radius 3 is 2.80 bits per heavy atom. The van der Waals surface area contributed by atoms with Gasteiger partial charge in [0, 0.05) is 12.2 Å². The molecule has 0 aromatic heterocycles. The third-order valence-corrected chi connectivity index (χ3v) is 2.63. The molecule has 0 saturated heterocycles. The van der Waals surface area contributed by atoms with Crippen LogP contribution in [-0.4, -0.2) is 18.3 Å². The second-order valence-corrected chi connectivity index (χ2v) is 3.83. The van der Waals surface area contributed by atoms with E-state index in [0.29, 0.717) is 13.0 Å². The van der Waals surface area contributed by atoms with Gasteiger partial charge < -0.3 is 9.84 Å². The number of benzene rings is 1. The highest BCUT2D eigenvalue weighted by Gasteiger charge is 2.12. The summed E-state index contributed by atoms with van der Waals surface area (Å²) in [6.45, 7) is 2.77. The smallest absolute Gasteiger partial charge is 0.123 e. The number of alkyl halides is 1. The first-order valence-electron chi connectivity index (χ1n) is 5.26. The third-order valence-electron chi connectivity index (χ3n) is 2.17. The lowest BCUT2D eigenvalue weighted by molar-refractivity contribution is 0.283. The minimum atomic E-state index is -0.0834. The summed E-state index contributed by atoms with van der Waals surface area (Å²) in [6.07, 6.45) is 1.48. The van der Waals surface area contributed by atoms with E-state index >= 15 is 0 Å². The second kappa shape index (κ2) is 6.70. The monoisotopic (exact) mass is 228 g/mol. The summed E-state index contributed by atoms with van der Waals surface area (Å²) in [5.41, 5.74) is 1.01. The zero-order chi connectivity index (χ0) is 11.1. The molecule has 1 unspecified atom stereocenters. The van der Waals surface area contributed by atoms with Crippen molar-refractivity contribution in [2.24, 2.45) is 0 Å². The highest BCUT2D eigenvalue weighted by Crippen LogP contribution is 2.32. The van der Waals surface area contributed by atoms with Crippen LogP contribution in [0.4, 0.5) is 0 Å². The summed E-state index contributed by atoms with van der Waals surface area (Å²) >= 11 is 6.23. The van der Waals surface area contributed by atoms with Gasteiger partial charge in [-0.1, -0.05) is 18.2 Å². The fourth-order valence-electron chi connectivity index (χ4n) is 1.45. The Labute approximate surface area is 95.8 Å². The van der Waals surface area contributed by atoms with E-state index in [9.17, 15) is 0 Å². The summed E-state index contributed by atoms with van der Waals surface area (Å²) in [5.74, 6) is 0.845. The van der Waals surface area contributed by atoms with Crippen molar-refractivity contribution in [2.45, 2.75) is 25.1 Å². The zero-order valence-corrected chi connectivity index (χ0v) is 9.70. The van der Waals surface area contributed by atoms with Crippen molar-refractivity contribution in [1.29, 1.82) is 0 Å². The molecule has 1 N–H and O–H groups in total. The minimum absolute atomic E-state index is 0.0834. The van der Waals surface area contributed by atoms with Gasteiger partial charge in [-0.3, -0.25) is 0 Å². The maximum Gasteiger partial charge on any atom is 0.123 e. The molecule has 0 saturated carbocycles. The molecule has 0 aliphatic heterocycles. The Hall–Kier alpha value is -0.730. The normalized spacial score (nSPS) is 12.5. The summed E-state index contributed by atoms with van der Waals surface area (Å²) in [7, 11) is 0. The van der Waals surface area contributed by atoms with E-state index in [-0.39, 0.29) is 12.0 Å². The van der Waals surface area contributed by atoms with Gasteiger partial charge in [-0.05, 0) is 25.8 Å². The van der Waals surface area contributed by atoms with Gasteiger partial charge in [0.25, 0.3) is 0 Å². The van der Waals surface area contributed by atoms with Gasteiger partial charge in [-0.25, -0.2) is 0 Å². The first kappa shape index (κ1) is 12.3. The molecule has 1 aromatic rings. The van der Waals surface area contributed by atoms with Gasteiger partial charge in [-0.15, -0.1) is 11.6 Å². The van der Waals surface area contributed by atoms with Crippen molar-refractivity contribution in [3.63, 3.8) is 0 Å². The SMILES string of the molecule is CCOc1ccccc1C(Cl)CCCO. The molecule has 15 heavy (non-hydrogen) atoms. The predicted octanol–water partition coefficient (Wildman–Crippen LogP) is 3.14. The Balaban J connectivity index is 2.72. The van der Waals surface area contributed by atoms with Gasteiger partial charge in [-0.2, -0.15) is 0 Å². The van der Waals surface area contributed by atoms with Crippen LogP contribution in [0.5, 0.6) is 5.75 Å². The molecule has 0 radical (unpaired) electrons. The van der Waals surface area contributed by atoms with Crippen molar-refractivity contribution >= 4 is 11.6 Å². The van der Waals surface area contributed by atoms with Crippen LogP contribution in [0.3, 0.4) is 0 Å². The van der Waals surface area contributed by atoms with Gasteiger partial charge in [0.05, 0.1) is 12.0 Å². The lowest BCUT2D eigenvalue weighted by Crippen LogP contribution is -1.99. The lowest BCUT2D eigenvalue weighted by atomic mass is 10.1. The molecule has 0 aliphatic carbocycles. The van der Waals surface area contributed by atoms with Crippen LogP contribution in [0.15, 0.2) is 24.3 Å². The van der Waals surface area contributed by atoms with Crippen molar-refractivity contribution in [1.82, 2.24) is 0 Å². The molecule has 3 heteroatoms. The van der Waals surface area contributed by atoms with Crippen molar-refractivity contribution in [2.75, 3.05) is 13.2 Å². The molecule has 0 spiro atoms. The van der Waals surface area contributed by atoms with E-state index in [2.05, 4.69) is 0 Å². The molecule has 84 valence electrons.